The third-order valence-corrected chi connectivity index (χ3v) is 8.69. The molecule has 3 aromatic carbocycles. The number of aromatic amines is 1. The molecule has 0 saturated carbocycles. The molecule has 0 aliphatic heterocycles. The van der Waals surface area contributed by atoms with Crippen molar-refractivity contribution in [3.8, 4) is 0 Å². The zero-order chi connectivity index (χ0) is 27.7. The Morgan fingerprint density at radius 2 is 1.62 bits per heavy atom. The fourth-order valence-corrected chi connectivity index (χ4v) is 6.52. The Bertz CT molecular complexity index is 1820. The number of hydrogen-bond acceptors (Lipinski definition) is 4. The maximum atomic E-state index is 14.1. The van der Waals surface area contributed by atoms with Gasteiger partial charge in [0.2, 0.25) is 5.91 Å². The van der Waals surface area contributed by atoms with E-state index in [1.807, 2.05) is 56.4 Å². The summed E-state index contributed by atoms with van der Waals surface area (Å²) in [5, 5.41) is 1.09. The Hall–Kier alpha value is -4.11. The fourth-order valence-electron chi connectivity index (χ4n) is 5.51. The van der Waals surface area contributed by atoms with Gasteiger partial charge in [-0.05, 0) is 56.2 Å². The number of nitrogens with zero attached hydrogens (tertiary/aromatic N) is 2. The SMILES string of the molecule is CCCC(CC(=O)NS(=O)(=O)c1ccccc1)n1c(=O)n(C(C)c2c[nH]c3cccc(C)c23)c2ccccc21. The predicted molar refractivity (Wildman–Crippen MR) is 153 cm³/mol. The number of benzene rings is 3. The Morgan fingerprint density at radius 3 is 2.31 bits per heavy atom. The molecule has 2 aromatic heterocycles. The third-order valence-electron chi connectivity index (χ3n) is 7.30. The first-order valence-electron chi connectivity index (χ1n) is 13.1. The van der Waals surface area contributed by atoms with Crippen LogP contribution in [0.25, 0.3) is 21.9 Å². The van der Waals surface area contributed by atoms with Gasteiger partial charge in [-0.15, -0.1) is 0 Å². The van der Waals surface area contributed by atoms with Gasteiger partial charge >= 0.3 is 5.69 Å². The van der Waals surface area contributed by atoms with Crippen molar-refractivity contribution in [3.63, 3.8) is 0 Å². The zero-order valence-corrected chi connectivity index (χ0v) is 23.0. The topological polar surface area (TPSA) is 106 Å². The third kappa shape index (κ3) is 4.90. The number of amides is 1. The molecule has 2 unspecified atom stereocenters. The maximum Gasteiger partial charge on any atom is 0.329 e. The van der Waals surface area contributed by atoms with Crippen LogP contribution in [0.1, 0.15) is 56.3 Å². The van der Waals surface area contributed by atoms with Crippen LogP contribution >= 0.6 is 0 Å². The second-order valence-electron chi connectivity index (χ2n) is 9.92. The van der Waals surface area contributed by atoms with Crippen molar-refractivity contribution in [3.05, 3.63) is 101 Å². The van der Waals surface area contributed by atoms with E-state index in [9.17, 15) is 18.0 Å². The Morgan fingerprint density at radius 1 is 0.949 bits per heavy atom. The minimum absolute atomic E-state index is 0.0157. The molecule has 0 spiro atoms. The van der Waals surface area contributed by atoms with Crippen molar-refractivity contribution >= 4 is 37.9 Å². The summed E-state index contributed by atoms with van der Waals surface area (Å²) in [6.45, 7) is 6.03. The molecule has 2 atom stereocenters. The van der Waals surface area contributed by atoms with E-state index in [1.165, 1.54) is 12.1 Å². The summed E-state index contributed by atoms with van der Waals surface area (Å²) in [5.74, 6) is -0.652. The predicted octanol–water partition coefficient (Wildman–Crippen LogP) is 5.44. The van der Waals surface area contributed by atoms with Crippen LogP contribution in [0.5, 0.6) is 0 Å². The van der Waals surface area contributed by atoms with Crippen molar-refractivity contribution in [1.82, 2.24) is 18.8 Å². The van der Waals surface area contributed by atoms with Gasteiger partial charge in [-0.2, -0.15) is 0 Å². The van der Waals surface area contributed by atoms with Crippen LogP contribution in [0.3, 0.4) is 0 Å². The highest BCUT2D eigenvalue weighted by Crippen LogP contribution is 2.32. The molecular weight excluding hydrogens is 512 g/mol. The molecule has 0 aliphatic carbocycles. The monoisotopic (exact) mass is 544 g/mol. The number of fused-ring (bicyclic) bond motifs is 2. The van der Waals surface area contributed by atoms with Crippen LogP contribution in [0.4, 0.5) is 0 Å². The molecule has 0 radical (unpaired) electrons. The number of sulfonamides is 1. The standard InChI is InChI=1S/C30H32N4O4S/c1-4-11-22(18-28(35)32-39(37,38)23-13-6-5-7-14-23)34-27-17-9-8-16-26(27)33(30(34)36)21(3)24-19-31-25-15-10-12-20(2)29(24)25/h5-10,12-17,19,21-22,31H,4,11,18H2,1-3H3,(H,32,35). The molecule has 1 amide bonds. The Labute approximate surface area is 227 Å². The van der Waals surface area contributed by atoms with Crippen LogP contribution in [-0.2, 0) is 14.8 Å². The van der Waals surface area contributed by atoms with E-state index in [2.05, 4.69) is 22.7 Å². The molecule has 0 fully saturated rings. The lowest BCUT2D eigenvalue weighted by molar-refractivity contribution is -0.120. The number of para-hydroxylation sites is 2. The highest BCUT2D eigenvalue weighted by molar-refractivity contribution is 7.90. The van der Waals surface area contributed by atoms with E-state index in [0.717, 1.165) is 27.5 Å². The summed E-state index contributed by atoms with van der Waals surface area (Å²) in [6.07, 6.45) is 3.06. The van der Waals surface area contributed by atoms with Gasteiger partial charge in [0, 0.05) is 35.1 Å². The summed E-state index contributed by atoms with van der Waals surface area (Å²) in [6, 6.07) is 20.6. The van der Waals surface area contributed by atoms with Gasteiger partial charge in [-0.25, -0.2) is 17.9 Å². The maximum absolute atomic E-state index is 14.1. The highest BCUT2D eigenvalue weighted by atomic mass is 32.2. The smallest absolute Gasteiger partial charge is 0.329 e. The number of H-pyrrole nitrogens is 1. The van der Waals surface area contributed by atoms with E-state index in [-0.39, 0.29) is 23.0 Å². The summed E-state index contributed by atoms with van der Waals surface area (Å²) in [7, 11) is -4.01. The summed E-state index contributed by atoms with van der Waals surface area (Å²) in [5.41, 5.74) is 4.37. The minimum atomic E-state index is -4.01. The molecule has 2 heterocycles. The summed E-state index contributed by atoms with van der Waals surface area (Å²) in [4.78, 5) is 30.5. The van der Waals surface area contributed by atoms with Gasteiger partial charge in [0.05, 0.1) is 22.0 Å². The average molecular weight is 545 g/mol. The first kappa shape index (κ1) is 26.5. The number of nitrogens with one attached hydrogen (secondary N) is 2. The Kier molecular flexibility index (Phi) is 7.18. The summed E-state index contributed by atoms with van der Waals surface area (Å²) >= 11 is 0. The lowest BCUT2D eigenvalue weighted by Crippen LogP contribution is -2.35. The van der Waals surface area contributed by atoms with Gasteiger partial charge in [0.15, 0.2) is 0 Å². The van der Waals surface area contributed by atoms with E-state index >= 15 is 0 Å². The van der Waals surface area contributed by atoms with Gasteiger partial charge in [0.25, 0.3) is 10.0 Å². The van der Waals surface area contributed by atoms with Crippen molar-refractivity contribution in [2.45, 2.75) is 57.0 Å². The molecule has 8 nitrogen and oxygen atoms in total. The summed E-state index contributed by atoms with van der Waals surface area (Å²) < 4.78 is 31.1. The molecule has 5 aromatic rings. The normalized spacial score (nSPS) is 13.5. The highest BCUT2D eigenvalue weighted by Gasteiger charge is 2.27. The van der Waals surface area contributed by atoms with Crippen LogP contribution in [-0.4, -0.2) is 28.4 Å². The van der Waals surface area contributed by atoms with Crippen molar-refractivity contribution in [1.29, 1.82) is 0 Å². The van der Waals surface area contributed by atoms with Crippen molar-refractivity contribution < 1.29 is 13.2 Å². The van der Waals surface area contributed by atoms with E-state index < -0.39 is 22.0 Å². The first-order valence-corrected chi connectivity index (χ1v) is 14.6. The molecule has 2 N–H and O–H groups in total. The first-order chi connectivity index (χ1) is 18.7. The van der Waals surface area contributed by atoms with Crippen LogP contribution in [0.2, 0.25) is 0 Å². The van der Waals surface area contributed by atoms with Gasteiger partial charge < -0.3 is 4.98 Å². The lowest BCUT2D eigenvalue weighted by Gasteiger charge is -2.18. The molecule has 0 saturated heterocycles. The van der Waals surface area contributed by atoms with Crippen LogP contribution < -0.4 is 10.4 Å². The van der Waals surface area contributed by atoms with Crippen LogP contribution in [0.15, 0.2) is 88.7 Å². The number of carbonyl (C=O) groups is 1. The van der Waals surface area contributed by atoms with Crippen molar-refractivity contribution in [2.24, 2.45) is 0 Å². The second kappa shape index (κ2) is 10.6. The van der Waals surface area contributed by atoms with E-state index in [4.69, 9.17) is 0 Å². The van der Waals surface area contributed by atoms with E-state index in [0.29, 0.717) is 18.4 Å². The van der Waals surface area contributed by atoms with Gasteiger partial charge in [-0.1, -0.05) is 55.8 Å². The number of hydrogen-bond donors (Lipinski definition) is 2. The number of aromatic nitrogens is 3. The fraction of sp³-hybridized carbons (Fsp3) is 0.267. The second-order valence-corrected chi connectivity index (χ2v) is 11.6. The number of carbonyl (C=O) groups excluding carboxylic acids is 1. The molecular formula is C30H32N4O4S. The number of imidazole rings is 1. The zero-order valence-electron chi connectivity index (χ0n) is 22.2. The Balaban J connectivity index is 1.55. The minimum Gasteiger partial charge on any atom is -0.361 e. The lowest BCUT2D eigenvalue weighted by atomic mass is 10.0. The molecule has 0 aliphatic rings. The van der Waals surface area contributed by atoms with Crippen molar-refractivity contribution in [2.75, 3.05) is 0 Å². The van der Waals surface area contributed by atoms with E-state index in [1.54, 1.807) is 27.3 Å². The largest absolute Gasteiger partial charge is 0.361 e. The molecule has 5 rings (SSSR count). The van der Waals surface area contributed by atoms with Gasteiger partial charge in [0.1, 0.15) is 0 Å². The molecule has 0 bridgehead atoms. The molecule has 9 heteroatoms. The molecule has 202 valence electrons. The number of rotatable bonds is 9. The average Bonchev–Trinajstić information content (AvgIpc) is 3.48. The number of aryl methyl sites for hydroxylation is 1. The van der Waals surface area contributed by atoms with Crippen LogP contribution in [0, 0.1) is 6.92 Å². The quantitative estimate of drug-likeness (QED) is 0.258. The van der Waals surface area contributed by atoms with Gasteiger partial charge in [-0.3, -0.25) is 13.9 Å². The molecule has 39 heavy (non-hydrogen) atoms.